The first-order chi connectivity index (χ1) is 16.8. The van der Waals surface area contributed by atoms with Crippen LogP contribution in [0.1, 0.15) is 36.0 Å². The maximum Gasteiger partial charge on any atom is 0.358 e. The molecule has 0 aliphatic carbocycles. The van der Waals surface area contributed by atoms with Gasteiger partial charge in [-0.05, 0) is 31.0 Å². The summed E-state index contributed by atoms with van der Waals surface area (Å²) in [5.41, 5.74) is 2.65. The third-order valence-corrected chi connectivity index (χ3v) is 5.73. The van der Waals surface area contributed by atoms with Gasteiger partial charge >= 0.3 is 12.0 Å². The van der Waals surface area contributed by atoms with Crippen molar-refractivity contribution in [1.82, 2.24) is 25.8 Å². The van der Waals surface area contributed by atoms with Gasteiger partial charge in [0, 0.05) is 18.5 Å². The van der Waals surface area contributed by atoms with Gasteiger partial charge in [-0.3, -0.25) is 24.6 Å². The Balaban J connectivity index is 1.52. The predicted octanol–water partition coefficient (Wildman–Crippen LogP) is -0.748. The number of fused-ring (bicyclic) bond motifs is 2. The molecule has 14 nitrogen and oxygen atoms in total. The van der Waals surface area contributed by atoms with Crippen LogP contribution >= 0.6 is 0 Å². The number of amides is 5. The summed E-state index contributed by atoms with van der Waals surface area (Å²) in [6.07, 6.45) is 0.135. The fraction of sp³-hybridized carbons (Fsp3) is 0.429. The minimum absolute atomic E-state index is 0.0266. The van der Waals surface area contributed by atoms with Crippen molar-refractivity contribution in [2.75, 3.05) is 19.9 Å². The standard InChI is InChI=1S/C21H23N5O9/c27-10-13(9-18(29)30)22-20(32)14-2-1-6-25-17(28)5-7-24(21(33)26(14)25)23-19(31)12-3-4-15-16(8-12)35-11-34-15/h3-4,8,10,13-14H,1-2,5-7,9,11H2,(H,22,32)(H,23,31)(H,29,30). The van der Waals surface area contributed by atoms with Crippen LogP contribution in [0.25, 0.3) is 0 Å². The average molecular weight is 489 g/mol. The van der Waals surface area contributed by atoms with Crippen LogP contribution in [-0.2, 0) is 19.2 Å². The number of carbonyl (C=O) groups excluding carboxylic acids is 5. The van der Waals surface area contributed by atoms with Crippen molar-refractivity contribution in [3.8, 4) is 11.5 Å². The highest BCUT2D eigenvalue weighted by Crippen LogP contribution is 2.32. The molecule has 3 aliphatic rings. The molecular weight excluding hydrogens is 466 g/mol. The van der Waals surface area contributed by atoms with Crippen LogP contribution in [0.3, 0.4) is 0 Å². The zero-order valence-electron chi connectivity index (χ0n) is 18.5. The topological polar surface area (TPSA) is 175 Å². The van der Waals surface area contributed by atoms with Gasteiger partial charge in [-0.15, -0.1) is 0 Å². The monoisotopic (exact) mass is 489 g/mol. The molecular formula is C21H23N5O9. The van der Waals surface area contributed by atoms with E-state index in [1.165, 1.54) is 12.1 Å². The quantitative estimate of drug-likeness (QED) is 0.416. The molecule has 35 heavy (non-hydrogen) atoms. The number of hydrogen-bond acceptors (Lipinski definition) is 8. The van der Waals surface area contributed by atoms with Crippen molar-refractivity contribution < 1.29 is 43.3 Å². The fourth-order valence-corrected chi connectivity index (χ4v) is 4.04. The molecule has 0 spiro atoms. The number of rotatable bonds is 7. The molecule has 2 atom stereocenters. The van der Waals surface area contributed by atoms with E-state index in [4.69, 9.17) is 14.6 Å². The Morgan fingerprint density at radius 1 is 1.17 bits per heavy atom. The summed E-state index contributed by atoms with van der Waals surface area (Å²) < 4.78 is 10.5. The summed E-state index contributed by atoms with van der Waals surface area (Å²) in [5.74, 6) is -2.28. The maximum absolute atomic E-state index is 13.4. The van der Waals surface area contributed by atoms with Crippen LogP contribution in [0.15, 0.2) is 18.2 Å². The van der Waals surface area contributed by atoms with E-state index in [1.54, 1.807) is 6.07 Å². The first-order valence-corrected chi connectivity index (χ1v) is 10.9. The predicted molar refractivity (Wildman–Crippen MR) is 114 cm³/mol. The number of nitrogens with zero attached hydrogens (tertiary/aromatic N) is 3. The number of carboxylic acids is 1. The molecule has 4 rings (SSSR count). The van der Waals surface area contributed by atoms with Crippen LogP contribution in [0.4, 0.5) is 4.79 Å². The van der Waals surface area contributed by atoms with E-state index in [1.807, 2.05) is 0 Å². The number of aliphatic carboxylic acids is 1. The summed E-state index contributed by atoms with van der Waals surface area (Å²) in [6, 6.07) is 1.21. The molecule has 3 heterocycles. The van der Waals surface area contributed by atoms with Crippen LogP contribution in [-0.4, -0.2) is 88.1 Å². The Bertz CT molecular complexity index is 1080. The van der Waals surface area contributed by atoms with Gasteiger partial charge in [0.2, 0.25) is 18.6 Å². The summed E-state index contributed by atoms with van der Waals surface area (Å²) >= 11 is 0. The van der Waals surface area contributed by atoms with Gasteiger partial charge < -0.3 is 24.7 Å². The highest BCUT2D eigenvalue weighted by Gasteiger charge is 2.44. The third-order valence-electron chi connectivity index (χ3n) is 5.73. The number of carboxylic acid groups (broad SMARTS) is 1. The lowest BCUT2D eigenvalue weighted by Crippen LogP contribution is -2.64. The Kier molecular flexibility index (Phi) is 6.71. The lowest BCUT2D eigenvalue weighted by atomic mass is 10.1. The molecule has 3 aliphatic heterocycles. The summed E-state index contributed by atoms with van der Waals surface area (Å²) in [7, 11) is 0. The van der Waals surface area contributed by atoms with Crippen molar-refractivity contribution in [3.63, 3.8) is 0 Å². The van der Waals surface area contributed by atoms with Gasteiger partial charge in [0.1, 0.15) is 12.3 Å². The van der Waals surface area contributed by atoms with Gasteiger partial charge in [-0.25, -0.2) is 19.8 Å². The van der Waals surface area contributed by atoms with Crippen LogP contribution < -0.4 is 20.2 Å². The van der Waals surface area contributed by atoms with E-state index in [0.29, 0.717) is 24.2 Å². The molecule has 2 unspecified atom stereocenters. The van der Waals surface area contributed by atoms with Crippen LogP contribution in [0, 0.1) is 0 Å². The SMILES string of the molecule is O=CC(CC(=O)O)NC(=O)C1CCCN2C(=O)CCN(NC(=O)c3ccc4c(c3)OCO4)C(=O)N12. The molecule has 1 aromatic rings. The number of nitrogens with one attached hydrogen (secondary N) is 2. The van der Waals surface area contributed by atoms with Gasteiger partial charge in [-0.1, -0.05) is 0 Å². The number of aldehydes is 1. The van der Waals surface area contributed by atoms with E-state index >= 15 is 0 Å². The smallest absolute Gasteiger partial charge is 0.358 e. The van der Waals surface area contributed by atoms with Crippen molar-refractivity contribution in [1.29, 1.82) is 0 Å². The minimum atomic E-state index is -1.30. The largest absolute Gasteiger partial charge is 0.481 e. The van der Waals surface area contributed by atoms with Crippen molar-refractivity contribution in [2.45, 2.75) is 37.8 Å². The van der Waals surface area contributed by atoms with Crippen LogP contribution in [0.2, 0.25) is 0 Å². The first-order valence-electron chi connectivity index (χ1n) is 10.9. The van der Waals surface area contributed by atoms with Gasteiger partial charge in [0.25, 0.3) is 5.91 Å². The zero-order chi connectivity index (χ0) is 25.1. The Hall–Kier alpha value is -4.36. The van der Waals surface area contributed by atoms with E-state index < -0.39 is 48.2 Å². The van der Waals surface area contributed by atoms with Crippen molar-refractivity contribution in [2.24, 2.45) is 0 Å². The highest BCUT2D eigenvalue weighted by molar-refractivity contribution is 5.97. The Morgan fingerprint density at radius 2 is 1.94 bits per heavy atom. The van der Waals surface area contributed by atoms with Crippen LogP contribution in [0.5, 0.6) is 11.5 Å². The first kappa shape index (κ1) is 23.8. The molecule has 0 radical (unpaired) electrons. The summed E-state index contributed by atoms with van der Waals surface area (Å²) in [5, 5.41) is 14.3. The molecule has 2 fully saturated rings. The Morgan fingerprint density at radius 3 is 2.69 bits per heavy atom. The van der Waals surface area contributed by atoms with Gasteiger partial charge in [0.15, 0.2) is 11.5 Å². The molecule has 0 saturated carbocycles. The van der Waals surface area contributed by atoms with E-state index in [0.717, 1.165) is 15.0 Å². The lowest BCUT2D eigenvalue weighted by Gasteiger charge is -2.42. The number of benzene rings is 1. The Labute approximate surface area is 198 Å². The van der Waals surface area contributed by atoms with E-state index in [-0.39, 0.29) is 38.3 Å². The molecule has 0 bridgehead atoms. The maximum atomic E-state index is 13.4. The molecule has 2 saturated heterocycles. The second-order valence-corrected chi connectivity index (χ2v) is 8.06. The fourth-order valence-electron chi connectivity index (χ4n) is 4.04. The summed E-state index contributed by atoms with van der Waals surface area (Å²) in [4.78, 5) is 73.9. The number of hydrazine groups is 2. The number of ether oxygens (including phenoxy) is 2. The minimum Gasteiger partial charge on any atom is -0.481 e. The van der Waals surface area contributed by atoms with E-state index in [9.17, 15) is 28.8 Å². The van der Waals surface area contributed by atoms with E-state index in [2.05, 4.69) is 10.7 Å². The van der Waals surface area contributed by atoms with Crippen molar-refractivity contribution in [3.05, 3.63) is 23.8 Å². The molecule has 186 valence electrons. The second kappa shape index (κ2) is 9.87. The zero-order valence-corrected chi connectivity index (χ0v) is 18.5. The number of urea groups is 1. The molecule has 0 aromatic heterocycles. The third kappa shape index (κ3) is 4.95. The molecule has 14 heteroatoms. The van der Waals surface area contributed by atoms with Gasteiger partial charge in [0.05, 0.1) is 19.0 Å². The second-order valence-electron chi connectivity index (χ2n) is 8.06. The molecule has 3 N–H and O–H groups in total. The number of carbonyl (C=O) groups is 6. The molecule has 1 aromatic carbocycles. The lowest BCUT2D eigenvalue weighted by molar-refractivity contribution is -0.155. The highest BCUT2D eigenvalue weighted by atomic mass is 16.7. The number of hydrogen-bond donors (Lipinski definition) is 3. The average Bonchev–Trinajstić information content (AvgIpc) is 3.28. The summed E-state index contributed by atoms with van der Waals surface area (Å²) in [6.45, 7) is 0.0780. The molecule has 5 amide bonds. The van der Waals surface area contributed by atoms with Gasteiger partial charge in [-0.2, -0.15) is 0 Å². The normalized spacial score (nSPS) is 20.0. The van der Waals surface area contributed by atoms with Crippen molar-refractivity contribution >= 4 is 36.0 Å².